The second kappa shape index (κ2) is 5.44. The van der Waals surface area contributed by atoms with Gasteiger partial charge in [0.05, 0.1) is 11.0 Å². The maximum Gasteiger partial charge on any atom is 0.0537 e. The predicted molar refractivity (Wildman–Crippen MR) is 129 cm³/mol. The summed E-state index contributed by atoms with van der Waals surface area (Å²) in [6, 6.07) is 31.8. The Labute approximate surface area is 180 Å². The van der Waals surface area contributed by atoms with Gasteiger partial charge in [0.25, 0.3) is 0 Å². The van der Waals surface area contributed by atoms with Gasteiger partial charge < -0.3 is 4.40 Å². The summed E-state index contributed by atoms with van der Waals surface area (Å²) in [6.07, 6.45) is 4.26. The summed E-state index contributed by atoms with van der Waals surface area (Å²) < 4.78 is 2.38. The van der Waals surface area contributed by atoms with Crippen LogP contribution in [0.5, 0.6) is 0 Å². The Morgan fingerprint density at radius 3 is 2.16 bits per heavy atom. The minimum Gasteiger partial charge on any atom is -0.316 e. The van der Waals surface area contributed by atoms with Gasteiger partial charge in [-0.1, -0.05) is 54.6 Å². The van der Waals surface area contributed by atoms with Crippen LogP contribution in [0.25, 0.3) is 49.4 Å². The molecule has 0 fully saturated rings. The topological polar surface area (TPSA) is 4.41 Å². The molecule has 144 valence electrons. The van der Waals surface area contributed by atoms with E-state index in [0.717, 1.165) is 12.8 Å². The number of benzene rings is 4. The van der Waals surface area contributed by atoms with E-state index in [1.54, 1.807) is 0 Å². The molecule has 4 aromatic carbocycles. The number of aromatic nitrogens is 1. The fraction of sp³-hybridized carbons (Fsp3) is 0.0667. The van der Waals surface area contributed by atoms with Crippen LogP contribution < -0.4 is 0 Å². The van der Waals surface area contributed by atoms with Gasteiger partial charge >= 0.3 is 0 Å². The Morgan fingerprint density at radius 2 is 1.29 bits per heavy atom. The molecule has 0 amide bonds. The smallest absolute Gasteiger partial charge is 0.0537 e. The van der Waals surface area contributed by atoms with Gasteiger partial charge in [-0.3, -0.25) is 0 Å². The van der Waals surface area contributed by atoms with Gasteiger partial charge in [0.1, 0.15) is 0 Å². The fourth-order valence-corrected chi connectivity index (χ4v) is 6.11. The molecule has 0 spiro atoms. The number of rotatable bonds is 0. The summed E-state index contributed by atoms with van der Waals surface area (Å²) >= 11 is 0. The van der Waals surface area contributed by atoms with Crippen molar-refractivity contribution in [3.8, 4) is 22.3 Å². The van der Waals surface area contributed by atoms with E-state index in [-0.39, 0.29) is 0 Å². The van der Waals surface area contributed by atoms with Crippen LogP contribution in [0.4, 0.5) is 0 Å². The first-order valence-corrected chi connectivity index (χ1v) is 11.0. The highest BCUT2D eigenvalue weighted by Crippen LogP contribution is 2.46. The molecule has 0 radical (unpaired) electrons. The highest BCUT2D eigenvalue weighted by molar-refractivity contribution is 6.17. The highest BCUT2D eigenvalue weighted by atomic mass is 14.9. The van der Waals surface area contributed by atoms with Gasteiger partial charge in [-0.2, -0.15) is 0 Å². The summed E-state index contributed by atoms with van der Waals surface area (Å²) in [5, 5.41) is 4.18. The molecule has 2 aliphatic carbocycles. The third-order valence-corrected chi connectivity index (χ3v) is 7.45. The van der Waals surface area contributed by atoms with Gasteiger partial charge in [-0.15, -0.1) is 0 Å². The van der Waals surface area contributed by atoms with Crippen LogP contribution in [0, 0.1) is 0 Å². The van der Waals surface area contributed by atoms with E-state index >= 15 is 0 Å². The van der Waals surface area contributed by atoms with Crippen LogP contribution in [0.15, 0.2) is 91.1 Å². The Morgan fingerprint density at radius 1 is 0.516 bits per heavy atom. The molecule has 2 aliphatic rings. The maximum absolute atomic E-state index is 2.48. The molecular weight excluding hydrogens is 374 g/mol. The standard InChI is InChI=1S/C30H19N/c1-4-9-22-18(6-1)14-20-16-25-27(17-24(20)22)30-26-15-19-7-2-3-8-21(19)23(26)11-12-29(30)31-13-5-10-28(25)31/h1-13,16-17H,14-15H2. The van der Waals surface area contributed by atoms with Crippen molar-refractivity contribution in [3.63, 3.8) is 0 Å². The van der Waals surface area contributed by atoms with E-state index in [2.05, 4.69) is 95.5 Å². The van der Waals surface area contributed by atoms with Gasteiger partial charge in [-0.25, -0.2) is 0 Å². The van der Waals surface area contributed by atoms with Crippen molar-refractivity contribution in [2.75, 3.05) is 0 Å². The zero-order valence-corrected chi connectivity index (χ0v) is 17.0. The molecule has 0 N–H and O–H groups in total. The van der Waals surface area contributed by atoms with Crippen molar-refractivity contribution < 1.29 is 0 Å². The van der Waals surface area contributed by atoms with Crippen LogP contribution in [0.2, 0.25) is 0 Å². The number of fused-ring (bicyclic) bond motifs is 13. The van der Waals surface area contributed by atoms with E-state index < -0.39 is 0 Å². The van der Waals surface area contributed by atoms with E-state index in [9.17, 15) is 0 Å². The van der Waals surface area contributed by atoms with Gasteiger partial charge in [-0.05, 0) is 93.1 Å². The van der Waals surface area contributed by atoms with Gasteiger partial charge in [0, 0.05) is 17.0 Å². The summed E-state index contributed by atoms with van der Waals surface area (Å²) in [5.41, 5.74) is 14.0. The van der Waals surface area contributed by atoms with Crippen LogP contribution >= 0.6 is 0 Å². The zero-order chi connectivity index (χ0) is 20.1. The van der Waals surface area contributed by atoms with E-state index in [4.69, 9.17) is 0 Å². The molecule has 0 unspecified atom stereocenters. The molecule has 2 heterocycles. The van der Waals surface area contributed by atoms with Crippen LogP contribution in [0.3, 0.4) is 0 Å². The van der Waals surface area contributed by atoms with E-state index in [0.29, 0.717) is 0 Å². The normalized spacial score (nSPS) is 13.5. The second-order valence-electron chi connectivity index (χ2n) is 8.97. The summed E-state index contributed by atoms with van der Waals surface area (Å²) in [7, 11) is 0. The molecule has 8 rings (SSSR count). The molecule has 0 saturated heterocycles. The molecule has 0 atom stereocenters. The summed E-state index contributed by atoms with van der Waals surface area (Å²) in [4.78, 5) is 0. The molecule has 0 bridgehead atoms. The molecular formula is C30H19N. The lowest BCUT2D eigenvalue weighted by molar-refractivity contribution is 1.25. The number of pyridine rings is 1. The van der Waals surface area contributed by atoms with Crippen molar-refractivity contribution in [2.45, 2.75) is 12.8 Å². The SMILES string of the molecule is c1ccc2c(c1)Cc1cc3c(cc1-2)c1c2c(ccc1n1cccc31)-c1ccccc1C2. The third kappa shape index (κ3) is 1.92. The van der Waals surface area contributed by atoms with Crippen LogP contribution in [-0.2, 0) is 12.8 Å². The molecule has 1 nitrogen and oxygen atoms in total. The van der Waals surface area contributed by atoms with Gasteiger partial charge in [0.15, 0.2) is 0 Å². The van der Waals surface area contributed by atoms with Crippen molar-refractivity contribution in [3.05, 3.63) is 113 Å². The Balaban J connectivity index is 1.58. The number of hydrogen-bond acceptors (Lipinski definition) is 0. The highest BCUT2D eigenvalue weighted by Gasteiger charge is 2.25. The van der Waals surface area contributed by atoms with Crippen molar-refractivity contribution in [1.29, 1.82) is 0 Å². The van der Waals surface area contributed by atoms with Crippen LogP contribution in [-0.4, -0.2) is 4.40 Å². The quantitative estimate of drug-likeness (QED) is 0.237. The number of hydrogen-bond donors (Lipinski definition) is 0. The minimum atomic E-state index is 1.01. The third-order valence-electron chi connectivity index (χ3n) is 7.45. The first kappa shape index (κ1) is 15.9. The van der Waals surface area contributed by atoms with Crippen molar-refractivity contribution in [2.24, 2.45) is 0 Å². The molecule has 31 heavy (non-hydrogen) atoms. The van der Waals surface area contributed by atoms with Crippen LogP contribution in [0.1, 0.15) is 22.3 Å². The first-order valence-electron chi connectivity index (χ1n) is 11.0. The Hall–Kier alpha value is -3.84. The lowest BCUT2D eigenvalue weighted by Crippen LogP contribution is -1.95. The lowest BCUT2D eigenvalue weighted by Gasteiger charge is -2.15. The minimum absolute atomic E-state index is 1.01. The molecule has 2 aromatic heterocycles. The maximum atomic E-state index is 2.48. The van der Waals surface area contributed by atoms with Crippen molar-refractivity contribution >= 4 is 27.2 Å². The predicted octanol–water partition coefficient (Wildman–Crippen LogP) is 7.39. The fourth-order valence-electron chi connectivity index (χ4n) is 6.11. The van der Waals surface area contributed by atoms with E-state index in [1.165, 1.54) is 71.7 Å². The largest absolute Gasteiger partial charge is 0.316 e. The zero-order valence-electron chi connectivity index (χ0n) is 17.0. The molecule has 0 aliphatic heterocycles. The van der Waals surface area contributed by atoms with Gasteiger partial charge in [0.2, 0.25) is 0 Å². The Kier molecular flexibility index (Phi) is 2.80. The average molecular weight is 393 g/mol. The monoisotopic (exact) mass is 393 g/mol. The second-order valence-corrected chi connectivity index (χ2v) is 8.97. The molecule has 0 saturated carbocycles. The average Bonchev–Trinajstić information content (AvgIpc) is 3.52. The lowest BCUT2D eigenvalue weighted by atomic mass is 9.93. The molecule has 6 aromatic rings. The van der Waals surface area contributed by atoms with Crippen molar-refractivity contribution in [1.82, 2.24) is 4.40 Å². The first-order chi connectivity index (χ1) is 15.4. The summed E-state index contributed by atoms with van der Waals surface area (Å²) in [6.45, 7) is 0. The number of nitrogens with zero attached hydrogens (tertiary/aromatic N) is 1. The van der Waals surface area contributed by atoms with E-state index in [1.807, 2.05) is 0 Å². The molecule has 1 heteroatoms. The Bertz CT molecular complexity index is 1720. The summed E-state index contributed by atoms with van der Waals surface area (Å²) in [5.74, 6) is 0.